The number of nitrogens with one attached hydrogen (secondary N) is 1. The van der Waals surface area contributed by atoms with Crippen molar-refractivity contribution in [3.05, 3.63) is 21.9 Å². The van der Waals surface area contributed by atoms with E-state index in [1.54, 1.807) is 0 Å². The van der Waals surface area contributed by atoms with Gasteiger partial charge in [-0.3, -0.25) is 10.3 Å². The lowest BCUT2D eigenvalue weighted by Gasteiger charge is -2.17. The molecule has 94 valence electrons. The highest BCUT2D eigenvalue weighted by Gasteiger charge is 2.32. The fraction of sp³-hybridized carbons (Fsp3) is 0.333. The van der Waals surface area contributed by atoms with Gasteiger partial charge in [0.2, 0.25) is 0 Å². The smallest absolute Gasteiger partial charge is 0.351 e. The first-order valence-electron chi connectivity index (χ1n) is 4.50. The van der Waals surface area contributed by atoms with E-state index in [0.29, 0.717) is 16.2 Å². The van der Waals surface area contributed by atoms with Crippen LogP contribution in [0, 0.1) is 5.41 Å². The summed E-state index contributed by atoms with van der Waals surface area (Å²) in [5.41, 5.74) is 5.01. The Hall–Kier alpha value is -1.57. The second kappa shape index (κ2) is 4.74. The number of amidine groups is 1. The number of carbonyl (C=O) groups excluding carboxylic acids is 1. The second-order valence-electron chi connectivity index (χ2n) is 3.27. The van der Waals surface area contributed by atoms with Crippen molar-refractivity contribution in [3.63, 3.8) is 0 Å². The van der Waals surface area contributed by atoms with Crippen LogP contribution in [0.5, 0.6) is 0 Å². The van der Waals surface area contributed by atoms with Gasteiger partial charge in [0.1, 0.15) is 10.7 Å². The van der Waals surface area contributed by atoms with E-state index in [9.17, 15) is 18.0 Å². The van der Waals surface area contributed by atoms with Gasteiger partial charge in [0.25, 0.3) is 0 Å². The molecule has 8 heteroatoms. The molecule has 0 spiro atoms. The van der Waals surface area contributed by atoms with E-state index in [1.165, 1.54) is 13.0 Å². The lowest BCUT2D eigenvalue weighted by molar-refractivity contribution is -0.134. The molecule has 0 atom stereocenters. The molecule has 1 aromatic rings. The molecule has 0 aliphatic rings. The van der Waals surface area contributed by atoms with Crippen molar-refractivity contribution < 1.29 is 18.0 Å². The van der Waals surface area contributed by atoms with Crippen LogP contribution in [-0.4, -0.2) is 16.8 Å². The van der Waals surface area contributed by atoms with Crippen molar-refractivity contribution in [2.45, 2.75) is 19.6 Å². The zero-order valence-electron chi connectivity index (χ0n) is 8.84. The Balaban J connectivity index is 2.85. The van der Waals surface area contributed by atoms with Crippen molar-refractivity contribution in [1.82, 2.24) is 4.90 Å². The number of nitrogens with two attached hydrogens (primary N) is 1. The summed E-state index contributed by atoms with van der Waals surface area (Å²) >= 11 is 0.532. The fourth-order valence-corrected chi connectivity index (χ4v) is 2.00. The summed E-state index contributed by atoms with van der Waals surface area (Å²) in [5.74, 6) is -0.112. The van der Waals surface area contributed by atoms with E-state index in [1.807, 2.05) is 0 Å². The number of amides is 2. The zero-order valence-corrected chi connectivity index (χ0v) is 9.65. The molecule has 0 saturated heterocycles. The van der Waals surface area contributed by atoms with Gasteiger partial charge in [-0.1, -0.05) is 0 Å². The highest BCUT2D eigenvalue weighted by Crippen LogP contribution is 2.34. The van der Waals surface area contributed by atoms with Crippen LogP contribution in [0.25, 0.3) is 0 Å². The Kier molecular flexibility index (Phi) is 3.76. The van der Waals surface area contributed by atoms with Gasteiger partial charge in [0.05, 0.1) is 6.54 Å². The minimum absolute atomic E-state index is 0.112. The Labute approximate surface area is 99.3 Å². The maximum absolute atomic E-state index is 12.3. The van der Waals surface area contributed by atoms with Crippen LogP contribution >= 0.6 is 11.3 Å². The third kappa shape index (κ3) is 3.45. The van der Waals surface area contributed by atoms with Crippen LogP contribution < -0.4 is 5.73 Å². The molecular weight excluding hydrogens is 255 g/mol. The second-order valence-corrected chi connectivity index (χ2v) is 4.44. The molecule has 0 saturated carbocycles. The Bertz CT molecular complexity index is 427. The minimum atomic E-state index is -4.39. The number of halogens is 3. The maximum atomic E-state index is 12.3. The lowest BCUT2D eigenvalue weighted by atomic mass is 10.4. The summed E-state index contributed by atoms with van der Waals surface area (Å²) in [4.78, 5) is 11.4. The van der Waals surface area contributed by atoms with Crippen LogP contribution in [-0.2, 0) is 12.7 Å². The number of urea groups is 1. The predicted molar refractivity (Wildman–Crippen MR) is 57.8 cm³/mol. The van der Waals surface area contributed by atoms with Crippen LogP contribution in [0.15, 0.2) is 12.1 Å². The summed E-state index contributed by atoms with van der Waals surface area (Å²) in [5, 5.41) is 7.27. The van der Waals surface area contributed by atoms with Gasteiger partial charge in [0, 0.05) is 4.88 Å². The quantitative estimate of drug-likeness (QED) is 0.626. The largest absolute Gasteiger partial charge is 0.425 e. The number of nitrogens with zero attached hydrogens (tertiary/aromatic N) is 1. The fourth-order valence-electron chi connectivity index (χ4n) is 1.13. The molecule has 4 nitrogen and oxygen atoms in total. The molecule has 2 amide bonds. The summed E-state index contributed by atoms with van der Waals surface area (Å²) < 4.78 is 37.0. The van der Waals surface area contributed by atoms with E-state index >= 15 is 0 Å². The van der Waals surface area contributed by atoms with Crippen LogP contribution in [0.4, 0.5) is 18.0 Å². The average Bonchev–Trinajstić information content (AvgIpc) is 2.60. The van der Waals surface area contributed by atoms with Crippen LogP contribution in [0.2, 0.25) is 0 Å². The highest BCUT2D eigenvalue weighted by molar-refractivity contribution is 7.12. The summed E-state index contributed by atoms with van der Waals surface area (Å²) in [7, 11) is 0. The van der Waals surface area contributed by atoms with E-state index in [4.69, 9.17) is 11.1 Å². The molecule has 0 radical (unpaired) electrons. The van der Waals surface area contributed by atoms with E-state index < -0.39 is 17.1 Å². The van der Waals surface area contributed by atoms with Gasteiger partial charge in [-0.2, -0.15) is 13.2 Å². The van der Waals surface area contributed by atoms with Crippen molar-refractivity contribution in [2.24, 2.45) is 5.73 Å². The first-order valence-corrected chi connectivity index (χ1v) is 5.31. The maximum Gasteiger partial charge on any atom is 0.425 e. The Morgan fingerprint density at radius 3 is 2.47 bits per heavy atom. The monoisotopic (exact) mass is 265 g/mol. The molecule has 1 rings (SSSR count). The van der Waals surface area contributed by atoms with Gasteiger partial charge < -0.3 is 5.73 Å². The summed E-state index contributed by atoms with van der Waals surface area (Å²) in [6.07, 6.45) is -4.39. The van der Waals surface area contributed by atoms with Gasteiger partial charge in [-0.15, -0.1) is 11.3 Å². The number of alkyl halides is 3. The third-order valence-electron chi connectivity index (χ3n) is 1.93. The van der Waals surface area contributed by atoms with E-state index in [0.717, 1.165) is 11.0 Å². The summed E-state index contributed by atoms with van der Waals surface area (Å²) in [6, 6.07) is 1.35. The van der Waals surface area contributed by atoms with Gasteiger partial charge in [-0.25, -0.2) is 4.79 Å². The number of hydrogen-bond acceptors (Lipinski definition) is 3. The average molecular weight is 265 g/mol. The number of hydrogen-bond donors (Lipinski definition) is 2. The zero-order chi connectivity index (χ0) is 13.2. The normalized spacial score (nSPS) is 11.3. The molecule has 0 aliphatic heterocycles. The van der Waals surface area contributed by atoms with E-state index in [2.05, 4.69) is 0 Å². The summed E-state index contributed by atoms with van der Waals surface area (Å²) in [6.45, 7) is 1.22. The standard InChI is InChI=1S/C9H10F3N3OS/c1-5(13)15(8(14)16)4-6-2-3-7(17-6)9(10,11)12/h2-3,13H,4H2,1H3,(H2,14,16). The van der Waals surface area contributed by atoms with E-state index in [-0.39, 0.29) is 12.4 Å². The first-order chi connectivity index (χ1) is 7.71. The predicted octanol–water partition coefficient (Wildman–Crippen LogP) is 2.64. The number of rotatable bonds is 2. The van der Waals surface area contributed by atoms with Crippen LogP contribution in [0.1, 0.15) is 16.7 Å². The van der Waals surface area contributed by atoms with Crippen molar-refractivity contribution in [1.29, 1.82) is 5.41 Å². The number of thiophene rings is 1. The third-order valence-corrected chi connectivity index (χ3v) is 3.04. The molecule has 17 heavy (non-hydrogen) atoms. The Morgan fingerprint density at radius 1 is 1.53 bits per heavy atom. The number of carbonyl (C=O) groups is 1. The molecule has 1 heterocycles. The first kappa shape index (κ1) is 13.5. The highest BCUT2D eigenvalue weighted by atomic mass is 32.1. The molecular formula is C9H10F3N3OS. The number of primary amides is 1. The van der Waals surface area contributed by atoms with Crippen LogP contribution in [0.3, 0.4) is 0 Å². The SMILES string of the molecule is CC(=N)N(Cc1ccc(C(F)(F)F)s1)C(N)=O. The van der Waals surface area contributed by atoms with Crippen molar-refractivity contribution in [3.8, 4) is 0 Å². The topological polar surface area (TPSA) is 70.2 Å². The molecule has 0 bridgehead atoms. The molecule has 0 fully saturated rings. The lowest BCUT2D eigenvalue weighted by Crippen LogP contribution is -2.38. The van der Waals surface area contributed by atoms with Gasteiger partial charge >= 0.3 is 12.2 Å². The van der Waals surface area contributed by atoms with Crippen molar-refractivity contribution >= 4 is 23.2 Å². The van der Waals surface area contributed by atoms with Gasteiger partial charge in [0.15, 0.2) is 0 Å². The Morgan fingerprint density at radius 2 is 2.12 bits per heavy atom. The molecule has 0 aromatic carbocycles. The molecule has 0 aliphatic carbocycles. The molecule has 3 N–H and O–H groups in total. The van der Waals surface area contributed by atoms with Crippen molar-refractivity contribution in [2.75, 3.05) is 0 Å². The minimum Gasteiger partial charge on any atom is -0.351 e. The van der Waals surface area contributed by atoms with Gasteiger partial charge in [-0.05, 0) is 19.1 Å². The molecule has 1 aromatic heterocycles. The molecule has 0 unspecified atom stereocenters.